The Labute approximate surface area is 116 Å². The van der Waals surface area contributed by atoms with Crippen LogP contribution in [-0.2, 0) is 14.4 Å². The fraction of sp³-hybridized carbons (Fsp3) is 0.429. The van der Waals surface area contributed by atoms with Gasteiger partial charge in [0, 0.05) is 0 Å². The van der Waals surface area contributed by atoms with E-state index in [0.29, 0.717) is 12.0 Å². The number of hydroxylamine groups is 2. The van der Waals surface area contributed by atoms with Gasteiger partial charge >= 0.3 is 0 Å². The van der Waals surface area contributed by atoms with Gasteiger partial charge in [-0.05, 0) is 18.1 Å². The zero-order chi connectivity index (χ0) is 15.1. The van der Waals surface area contributed by atoms with Crippen LogP contribution in [0.4, 0.5) is 0 Å². The highest BCUT2D eigenvalue weighted by Crippen LogP contribution is 2.49. The van der Waals surface area contributed by atoms with Crippen LogP contribution in [0.3, 0.4) is 0 Å². The zero-order valence-electron chi connectivity index (χ0n) is 11.4. The summed E-state index contributed by atoms with van der Waals surface area (Å²) < 4.78 is 0. The lowest BCUT2D eigenvalue weighted by atomic mass is 9.67. The molecule has 2 N–H and O–H groups in total. The average Bonchev–Trinajstić information content (AvgIpc) is 2.61. The Morgan fingerprint density at radius 1 is 1.40 bits per heavy atom. The normalized spacial score (nSPS) is 35.7. The van der Waals surface area contributed by atoms with E-state index in [1.54, 1.807) is 6.08 Å². The molecule has 0 aromatic heterocycles. The van der Waals surface area contributed by atoms with Gasteiger partial charge in [-0.2, -0.15) is 5.06 Å². The van der Waals surface area contributed by atoms with Crippen LogP contribution in [0.15, 0.2) is 36.1 Å². The summed E-state index contributed by atoms with van der Waals surface area (Å²) in [5.74, 6) is -1.32. The van der Waals surface area contributed by atoms with E-state index in [0.717, 1.165) is 5.06 Å². The predicted molar refractivity (Wildman–Crippen MR) is 70.0 cm³/mol. The molecule has 3 atom stereocenters. The largest absolute Gasteiger partial charge is 0.385 e. The number of carbonyl (C=O) groups excluding carboxylic acids is 2. The first-order chi connectivity index (χ1) is 9.42. The summed E-state index contributed by atoms with van der Waals surface area (Å²) >= 11 is 0. The maximum Gasteiger partial charge on any atom is 0.267 e. The molecule has 0 unspecified atom stereocenters. The molecule has 2 rings (SSSR count). The van der Waals surface area contributed by atoms with Crippen molar-refractivity contribution < 1.29 is 24.6 Å². The number of hydrogen-bond acceptors (Lipinski definition) is 5. The summed E-state index contributed by atoms with van der Waals surface area (Å²) in [4.78, 5) is 29.2. The van der Waals surface area contributed by atoms with Crippen molar-refractivity contribution in [1.29, 1.82) is 0 Å². The van der Waals surface area contributed by atoms with Crippen LogP contribution in [0.2, 0.25) is 0 Å². The topological polar surface area (TPSA) is 87.1 Å². The molecule has 1 fully saturated rings. The number of nitrogens with zero attached hydrogens (tertiary/aromatic N) is 1. The summed E-state index contributed by atoms with van der Waals surface area (Å²) in [5, 5.41) is 21.5. The van der Waals surface area contributed by atoms with Crippen LogP contribution in [0.25, 0.3) is 0 Å². The fourth-order valence-corrected chi connectivity index (χ4v) is 2.78. The zero-order valence-corrected chi connectivity index (χ0v) is 11.4. The van der Waals surface area contributed by atoms with Gasteiger partial charge in [-0.25, -0.2) is 0 Å². The smallest absolute Gasteiger partial charge is 0.267 e. The van der Waals surface area contributed by atoms with Gasteiger partial charge in [-0.15, -0.1) is 0 Å². The van der Waals surface area contributed by atoms with Crippen LogP contribution in [0.5, 0.6) is 0 Å². The molecule has 2 aliphatic rings. The molecule has 0 aromatic carbocycles. The van der Waals surface area contributed by atoms with Crippen molar-refractivity contribution >= 4 is 11.7 Å². The van der Waals surface area contributed by atoms with Crippen LogP contribution >= 0.6 is 0 Å². The number of carbonyl (C=O) groups is 2. The minimum absolute atomic E-state index is 0.00153. The number of ketones is 1. The molecule has 1 amide bonds. The van der Waals surface area contributed by atoms with Crippen molar-refractivity contribution in [2.45, 2.75) is 25.6 Å². The summed E-state index contributed by atoms with van der Waals surface area (Å²) in [6.07, 6.45) is 1.85. The Morgan fingerprint density at radius 2 is 2.05 bits per heavy atom. The average molecular weight is 279 g/mol. The second kappa shape index (κ2) is 4.97. The van der Waals surface area contributed by atoms with Crippen LogP contribution in [0.1, 0.15) is 13.3 Å². The van der Waals surface area contributed by atoms with Crippen LogP contribution in [-0.4, -0.2) is 46.3 Å². The Bertz CT molecular complexity index is 536. The Kier molecular flexibility index (Phi) is 3.64. The van der Waals surface area contributed by atoms with E-state index in [9.17, 15) is 19.8 Å². The Hall–Kier alpha value is -1.76. The van der Waals surface area contributed by atoms with Gasteiger partial charge in [0.1, 0.15) is 17.6 Å². The van der Waals surface area contributed by atoms with E-state index in [1.807, 2.05) is 6.92 Å². The maximum atomic E-state index is 12.6. The lowest BCUT2D eigenvalue weighted by Crippen LogP contribution is -2.54. The van der Waals surface area contributed by atoms with Gasteiger partial charge in [0.05, 0.1) is 12.8 Å². The summed E-state index contributed by atoms with van der Waals surface area (Å²) in [6, 6.07) is 0. The summed E-state index contributed by atoms with van der Waals surface area (Å²) in [6.45, 7) is 5.45. The Balaban J connectivity index is 2.68. The molecule has 108 valence electrons. The molecule has 0 saturated carbocycles. The highest BCUT2D eigenvalue weighted by Gasteiger charge is 2.64. The van der Waals surface area contributed by atoms with E-state index < -0.39 is 29.3 Å². The third-order valence-corrected chi connectivity index (χ3v) is 3.76. The SMILES string of the molecule is C=C1[C@@H](O)[C@@]2(C(=O)N1OC)/C(=C\CC)C=CC(=O)[C@@H]2O. The molecular weight excluding hydrogens is 262 g/mol. The molecular formula is C14H17NO5. The first-order valence-electron chi connectivity index (χ1n) is 6.29. The van der Waals surface area contributed by atoms with Gasteiger partial charge in [-0.3, -0.25) is 14.4 Å². The third-order valence-electron chi connectivity index (χ3n) is 3.76. The molecule has 1 aliphatic carbocycles. The number of rotatable bonds is 2. The second-order valence-corrected chi connectivity index (χ2v) is 4.75. The van der Waals surface area contributed by atoms with Gasteiger partial charge in [-0.1, -0.05) is 25.7 Å². The molecule has 0 bridgehead atoms. The number of aliphatic hydroxyl groups is 2. The van der Waals surface area contributed by atoms with E-state index in [4.69, 9.17) is 4.84 Å². The van der Waals surface area contributed by atoms with Crippen molar-refractivity contribution in [2.24, 2.45) is 5.41 Å². The molecule has 0 radical (unpaired) electrons. The first kappa shape index (κ1) is 14.6. The third kappa shape index (κ3) is 1.62. The van der Waals surface area contributed by atoms with Gasteiger partial charge in [0.2, 0.25) is 0 Å². The van der Waals surface area contributed by atoms with Crippen molar-refractivity contribution in [1.82, 2.24) is 5.06 Å². The monoisotopic (exact) mass is 279 g/mol. The first-order valence-corrected chi connectivity index (χ1v) is 6.29. The highest BCUT2D eigenvalue weighted by atomic mass is 16.7. The van der Waals surface area contributed by atoms with Crippen molar-refractivity contribution in [3.8, 4) is 0 Å². The number of hydrogen-bond donors (Lipinski definition) is 2. The van der Waals surface area contributed by atoms with Gasteiger partial charge in [0.15, 0.2) is 5.78 Å². The van der Waals surface area contributed by atoms with Gasteiger partial charge in [0.25, 0.3) is 5.91 Å². The quantitative estimate of drug-likeness (QED) is 0.748. The van der Waals surface area contributed by atoms with Crippen molar-refractivity contribution in [3.05, 3.63) is 36.1 Å². The minimum atomic E-state index is -1.77. The molecule has 1 aliphatic heterocycles. The molecule has 1 spiro atoms. The molecule has 0 aromatic rings. The summed E-state index contributed by atoms with van der Waals surface area (Å²) in [7, 11) is 1.25. The van der Waals surface area contributed by atoms with E-state index in [2.05, 4.69) is 6.58 Å². The maximum absolute atomic E-state index is 12.6. The molecule has 6 heteroatoms. The van der Waals surface area contributed by atoms with E-state index >= 15 is 0 Å². The number of allylic oxidation sites excluding steroid dienone is 2. The van der Waals surface area contributed by atoms with Gasteiger partial charge < -0.3 is 10.2 Å². The fourth-order valence-electron chi connectivity index (χ4n) is 2.78. The number of amides is 1. The lowest BCUT2D eigenvalue weighted by molar-refractivity contribution is -0.171. The lowest BCUT2D eigenvalue weighted by Gasteiger charge is -2.36. The van der Waals surface area contributed by atoms with E-state index in [-0.39, 0.29) is 5.70 Å². The predicted octanol–water partition coefficient (Wildman–Crippen LogP) is 0.0872. The van der Waals surface area contributed by atoms with Crippen LogP contribution < -0.4 is 0 Å². The molecule has 6 nitrogen and oxygen atoms in total. The van der Waals surface area contributed by atoms with E-state index in [1.165, 1.54) is 19.3 Å². The minimum Gasteiger partial charge on any atom is -0.385 e. The number of aliphatic hydroxyl groups excluding tert-OH is 2. The second-order valence-electron chi connectivity index (χ2n) is 4.75. The molecule has 1 heterocycles. The molecule has 1 saturated heterocycles. The van der Waals surface area contributed by atoms with Crippen LogP contribution in [0, 0.1) is 5.41 Å². The standard InChI is InChI=1S/C14H17NO5/c1-4-5-9-6-7-10(16)12(18)14(9)11(17)8(2)15(20-3)13(14)19/h5-7,11-12,17-18H,2,4H2,1,3H3/b9-5-/t11-,12+,14+/m1/s1. The molecule has 20 heavy (non-hydrogen) atoms. The summed E-state index contributed by atoms with van der Waals surface area (Å²) in [5.41, 5.74) is -1.37. The highest BCUT2D eigenvalue weighted by molar-refractivity contribution is 6.05. The Morgan fingerprint density at radius 3 is 2.55 bits per heavy atom. The van der Waals surface area contributed by atoms with Crippen molar-refractivity contribution in [2.75, 3.05) is 7.11 Å². The van der Waals surface area contributed by atoms with Crippen molar-refractivity contribution in [3.63, 3.8) is 0 Å².